The van der Waals surface area contributed by atoms with E-state index in [2.05, 4.69) is 0 Å². The molecule has 1 saturated heterocycles. The van der Waals surface area contributed by atoms with E-state index in [-0.39, 0.29) is 35.8 Å². The fraction of sp³-hybridized carbons (Fsp3) is 0.250. The van der Waals surface area contributed by atoms with Gasteiger partial charge in [0.15, 0.2) is 5.78 Å². The van der Waals surface area contributed by atoms with Gasteiger partial charge in [-0.2, -0.15) is 0 Å². The number of hydrogen-bond donors (Lipinski definition) is 0. The topological polar surface area (TPSA) is 63.7 Å². The Labute approximate surface area is 160 Å². The highest BCUT2D eigenvalue weighted by molar-refractivity contribution is 8.00. The molecule has 1 aliphatic heterocycles. The molecule has 1 fully saturated rings. The molecule has 0 saturated carbocycles. The smallest absolute Gasteiger partial charge is 0.417 e. The average molecular weight is 387 g/mol. The van der Waals surface area contributed by atoms with Crippen LogP contribution in [0.4, 0.5) is 9.18 Å². The zero-order valence-corrected chi connectivity index (χ0v) is 15.3. The number of ketones is 1. The Morgan fingerprint density at radius 2 is 1.78 bits per heavy atom. The van der Waals surface area contributed by atoms with Crippen molar-refractivity contribution in [3.8, 4) is 0 Å². The van der Waals surface area contributed by atoms with E-state index in [1.165, 1.54) is 24.3 Å². The van der Waals surface area contributed by atoms with Gasteiger partial charge in [0.05, 0.1) is 17.5 Å². The van der Waals surface area contributed by atoms with Gasteiger partial charge in [0.1, 0.15) is 12.4 Å². The lowest BCUT2D eigenvalue weighted by atomic mass is 10.1. The molecular formula is C20H18FNO4S. The van der Waals surface area contributed by atoms with Crippen molar-refractivity contribution in [1.29, 1.82) is 0 Å². The highest BCUT2D eigenvalue weighted by atomic mass is 32.2. The van der Waals surface area contributed by atoms with Crippen molar-refractivity contribution >= 4 is 29.5 Å². The van der Waals surface area contributed by atoms with E-state index in [9.17, 15) is 18.8 Å². The molecule has 140 valence electrons. The lowest BCUT2D eigenvalue weighted by Gasteiger charge is -2.19. The summed E-state index contributed by atoms with van der Waals surface area (Å²) in [6.45, 7) is 0.165. The Hall–Kier alpha value is -2.67. The molecule has 0 N–H and O–H groups in total. The molecule has 0 unspecified atom stereocenters. The quantitative estimate of drug-likeness (QED) is 0.682. The normalized spacial score (nSPS) is 16.3. The fourth-order valence-electron chi connectivity index (χ4n) is 2.82. The summed E-state index contributed by atoms with van der Waals surface area (Å²) in [6.07, 6.45) is -0.122. The molecule has 2 aromatic carbocycles. The molecule has 7 heteroatoms. The van der Waals surface area contributed by atoms with Gasteiger partial charge in [0, 0.05) is 5.56 Å². The van der Waals surface area contributed by atoms with Crippen LogP contribution in [0.25, 0.3) is 0 Å². The number of benzene rings is 2. The number of halogens is 1. The van der Waals surface area contributed by atoms with Gasteiger partial charge in [0.25, 0.3) is 0 Å². The summed E-state index contributed by atoms with van der Waals surface area (Å²) in [5, 5.41) is 0. The third-order valence-corrected chi connectivity index (χ3v) is 5.09. The molecule has 0 bridgehead atoms. The minimum Gasteiger partial charge on any atom is -0.447 e. The maximum Gasteiger partial charge on any atom is 0.417 e. The molecule has 1 aliphatic rings. The van der Waals surface area contributed by atoms with Crippen molar-refractivity contribution in [2.45, 2.75) is 12.5 Å². The number of nitrogens with zero attached hydrogens (tertiary/aromatic N) is 1. The van der Waals surface area contributed by atoms with Crippen molar-refractivity contribution < 1.29 is 23.5 Å². The Bertz CT molecular complexity index is 826. The standard InChI is InChI=1S/C20H18FNO4S/c21-16-8-6-15(7-9-16)18(23)12-27-13-19(24)22-17(11-26-20(22)25)10-14-4-2-1-3-5-14/h1-9,17H,10-13H2/t17-/m0/s1. The van der Waals surface area contributed by atoms with E-state index in [1.54, 1.807) is 0 Å². The molecule has 1 heterocycles. The lowest BCUT2D eigenvalue weighted by molar-refractivity contribution is -0.126. The van der Waals surface area contributed by atoms with Crippen LogP contribution in [-0.2, 0) is 16.0 Å². The maximum atomic E-state index is 12.9. The number of carbonyl (C=O) groups excluding carboxylic acids is 3. The van der Waals surface area contributed by atoms with Crippen LogP contribution in [-0.4, -0.2) is 46.8 Å². The summed E-state index contributed by atoms with van der Waals surface area (Å²) in [7, 11) is 0. The highest BCUT2D eigenvalue weighted by Gasteiger charge is 2.37. The molecule has 0 spiro atoms. The van der Waals surface area contributed by atoms with E-state index in [1.807, 2.05) is 30.3 Å². The summed E-state index contributed by atoms with van der Waals surface area (Å²) < 4.78 is 17.9. The van der Waals surface area contributed by atoms with Crippen LogP contribution in [0.5, 0.6) is 0 Å². The first kappa shape index (κ1) is 19.1. The highest BCUT2D eigenvalue weighted by Crippen LogP contribution is 2.19. The third kappa shape index (κ3) is 4.95. The number of amides is 2. The number of ether oxygens (including phenoxy) is 1. The third-order valence-electron chi connectivity index (χ3n) is 4.17. The van der Waals surface area contributed by atoms with Crippen LogP contribution in [0, 0.1) is 5.82 Å². The molecule has 0 aromatic heterocycles. The number of rotatable bonds is 7. The maximum absolute atomic E-state index is 12.9. The predicted octanol–water partition coefficient (Wildman–Crippen LogP) is 3.33. The van der Waals surface area contributed by atoms with Gasteiger partial charge < -0.3 is 4.74 Å². The average Bonchev–Trinajstić information content (AvgIpc) is 3.03. The molecule has 3 rings (SSSR count). The van der Waals surface area contributed by atoms with Crippen LogP contribution in [0.2, 0.25) is 0 Å². The number of hydrogen-bond acceptors (Lipinski definition) is 5. The Balaban J connectivity index is 1.53. The summed E-state index contributed by atoms with van der Waals surface area (Å²) in [4.78, 5) is 37.6. The first-order valence-electron chi connectivity index (χ1n) is 8.44. The number of cyclic esters (lactones) is 1. The molecule has 5 nitrogen and oxygen atoms in total. The number of imide groups is 1. The first-order valence-corrected chi connectivity index (χ1v) is 9.59. The molecule has 2 amide bonds. The van der Waals surface area contributed by atoms with Gasteiger partial charge >= 0.3 is 6.09 Å². The Morgan fingerprint density at radius 1 is 1.07 bits per heavy atom. The fourth-order valence-corrected chi connectivity index (χ4v) is 3.59. The second-order valence-electron chi connectivity index (χ2n) is 6.11. The SMILES string of the molecule is O=C(CSCC(=O)N1C(=O)OC[C@@H]1Cc1ccccc1)c1ccc(F)cc1. The zero-order chi connectivity index (χ0) is 19.2. The van der Waals surface area contributed by atoms with Crippen LogP contribution in [0.15, 0.2) is 54.6 Å². The van der Waals surface area contributed by atoms with E-state index in [0.717, 1.165) is 22.2 Å². The van der Waals surface area contributed by atoms with Crippen LogP contribution < -0.4 is 0 Å². The predicted molar refractivity (Wildman–Crippen MR) is 100 cm³/mol. The first-order chi connectivity index (χ1) is 13.0. The number of carbonyl (C=O) groups is 3. The van der Waals surface area contributed by atoms with Gasteiger partial charge in [-0.15, -0.1) is 11.8 Å². The van der Waals surface area contributed by atoms with Gasteiger partial charge in [0.2, 0.25) is 5.91 Å². The van der Waals surface area contributed by atoms with Crippen molar-refractivity contribution in [1.82, 2.24) is 4.90 Å². The lowest BCUT2D eigenvalue weighted by Crippen LogP contribution is -2.41. The van der Waals surface area contributed by atoms with Gasteiger partial charge in [-0.05, 0) is 36.2 Å². The summed E-state index contributed by atoms with van der Waals surface area (Å²) in [5.41, 5.74) is 1.40. The van der Waals surface area contributed by atoms with Crippen molar-refractivity contribution in [3.05, 3.63) is 71.5 Å². The second kappa shape index (κ2) is 8.81. The van der Waals surface area contributed by atoms with E-state index >= 15 is 0 Å². The van der Waals surface area contributed by atoms with Crippen LogP contribution in [0.1, 0.15) is 15.9 Å². The molecule has 0 radical (unpaired) electrons. The number of thioether (sulfide) groups is 1. The van der Waals surface area contributed by atoms with E-state index in [0.29, 0.717) is 12.0 Å². The van der Waals surface area contributed by atoms with Crippen molar-refractivity contribution in [2.24, 2.45) is 0 Å². The molecule has 1 atom stereocenters. The summed E-state index contributed by atoms with van der Waals surface area (Å²) >= 11 is 1.12. The van der Waals surface area contributed by atoms with E-state index < -0.39 is 11.9 Å². The minimum atomic E-state index is -0.647. The largest absolute Gasteiger partial charge is 0.447 e. The molecular weight excluding hydrogens is 369 g/mol. The Kier molecular flexibility index (Phi) is 6.24. The molecule has 0 aliphatic carbocycles. The van der Waals surface area contributed by atoms with E-state index in [4.69, 9.17) is 4.74 Å². The zero-order valence-electron chi connectivity index (χ0n) is 14.5. The summed E-state index contributed by atoms with van der Waals surface area (Å²) in [5.74, 6) is -0.920. The molecule has 2 aromatic rings. The van der Waals surface area contributed by atoms with Gasteiger partial charge in [-0.25, -0.2) is 14.1 Å². The summed E-state index contributed by atoms with van der Waals surface area (Å²) in [6, 6.07) is 14.5. The second-order valence-corrected chi connectivity index (χ2v) is 7.09. The van der Waals surface area contributed by atoms with Gasteiger partial charge in [-0.3, -0.25) is 9.59 Å². The molecule has 27 heavy (non-hydrogen) atoms. The monoisotopic (exact) mass is 387 g/mol. The van der Waals surface area contributed by atoms with Crippen LogP contribution in [0.3, 0.4) is 0 Å². The number of Topliss-reactive ketones (excluding diaryl/α,β-unsaturated/α-hetero) is 1. The van der Waals surface area contributed by atoms with Crippen LogP contribution >= 0.6 is 11.8 Å². The van der Waals surface area contributed by atoms with Crippen molar-refractivity contribution in [2.75, 3.05) is 18.1 Å². The Morgan fingerprint density at radius 3 is 2.48 bits per heavy atom. The van der Waals surface area contributed by atoms with Crippen molar-refractivity contribution in [3.63, 3.8) is 0 Å². The van der Waals surface area contributed by atoms with Gasteiger partial charge in [-0.1, -0.05) is 30.3 Å². The minimum absolute atomic E-state index is 0.00662.